The molecule has 0 aliphatic heterocycles. The van der Waals surface area contributed by atoms with Gasteiger partial charge in [-0.15, -0.1) is 0 Å². The maximum Gasteiger partial charge on any atom is 0.0491 e. The molecule has 0 aromatic rings. The van der Waals surface area contributed by atoms with E-state index in [1.54, 1.807) is 13.3 Å². The predicted molar refractivity (Wildman–Crippen MR) is 38.1 cm³/mol. The van der Waals surface area contributed by atoms with Crippen molar-refractivity contribution in [3.05, 3.63) is 0 Å². The monoisotopic (exact) mass is 112 g/mol. The molecule has 0 aromatic heterocycles. The number of hydrogen-bond acceptors (Lipinski definition) is 2. The Labute approximate surface area is 50.4 Å². The summed E-state index contributed by atoms with van der Waals surface area (Å²) in [5, 5.41) is 0. The Bertz CT molecular complexity index is 103. The van der Waals surface area contributed by atoms with Crippen LogP contribution in [0, 0.1) is 0 Å². The highest BCUT2D eigenvalue weighted by Crippen LogP contribution is 1.69. The number of rotatable bonds is 2. The standard InChI is InChI=1S/C6H12N2/c1-4-8-5-6(2)7-3/h5H,4H2,1-3H3. The fourth-order valence-corrected chi connectivity index (χ4v) is 0.281. The summed E-state index contributed by atoms with van der Waals surface area (Å²) in [6.07, 6.45) is 1.78. The normalized spacial score (nSPS) is 13.1. The minimum atomic E-state index is 0.840. The first kappa shape index (κ1) is 7.34. The minimum Gasteiger partial charge on any atom is -0.292 e. The molecule has 8 heavy (non-hydrogen) atoms. The molecule has 0 atom stereocenters. The average Bonchev–Trinajstić information content (AvgIpc) is 1.83. The van der Waals surface area contributed by atoms with Crippen LogP contribution < -0.4 is 0 Å². The Hall–Kier alpha value is -0.660. The van der Waals surface area contributed by atoms with Crippen molar-refractivity contribution in [2.45, 2.75) is 13.8 Å². The van der Waals surface area contributed by atoms with Crippen molar-refractivity contribution in [2.75, 3.05) is 13.6 Å². The zero-order valence-electron chi connectivity index (χ0n) is 5.68. The SMILES string of the molecule is CCN=CC(C)=NC. The maximum atomic E-state index is 3.99. The van der Waals surface area contributed by atoms with E-state index in [4.69, 9.17) is 0 Å². The first-order chi connectivity index (χ1) is 3.81. The molecular weight excluding hydrogens is 100 g/mol. The van der Waals surface area contributed by atoms with Crippen LogP contribution in [0.5, 0.6) is 0 Å². The Morgan fingerprint density at radius 1 is 1.62 bits per heavy atom. The zero-order chi connectivity index (χ0) is 6.41. The van der Waals surface area contributed by atoms with E-state index in [0.717, 1.165) is 12.3 Å². The summed E-state index contributed by atoms with van der Waals surface area (Å²) >= 11 is 0. The largest absolute Gasteiger partial charge is 0.292 e. The van der Waals surface area contributed by atoms with E-state index < -0.39 is 0 Å². The van der Waals surface area contributed by atoms with Gasteiger partial charge in [-0.25, -0.2) is 0 Å². The molecule has 0 aromatic carbocycles. The molecule has 0 radical (unpaired) electrons. The van der Waals surface area contributed by atoms with Crippen molar-refractivity contribution >= 4 is 11.9 Å². The number of aliphatic imine (C=N–C) groups is 2. The lowest BCUT2D eigenvalue weighted by atomic mass is 10.5. The van der Waals surface area contributed by atoms with E-state index in [2.05, 4.69) is 9.98 Å². The van der Waals surface area contributed by atoms with Crippen molar-refractivity contribution in [3.8, 4) is 0 Å². The van der Waals surface area contributed by atoms with Crippen molar-refractivity contribution in [1.82, 2.24) is 0 Å². The van der Waals surface area contributed by atoms with Gasteiger partial charge in [-0.3, -0.25) is 9.98 Å². The highest BCUT2D eigenvalue weighted by molar-refractivity contribution is 6.29. The van der Waals surface area contributed by atoms with Gasteiger partial charge in [0.15, 0.2) is 0 Å². The van der Waals surface area contributed by atoms with E-state index in [-0.39, 0.29) is 0 Å². The first-order valence-corrected chi connectivity index (χ1v) is 2.74. The lowest BCUT2D eigenvalue weighted by Gasteiger charge is -1.83. The van der Waals surface area contributed by atoms with Crippen LogP contribution in [0.4, 0.5) is 0 Å². The van der Waals surface area contributed by atoms with Gasteiger partial charge < -0.3 is 0 Å². The quantitative estimate of drug-likeness (QED) is 0.479. The van der Waals surface area contributed by atoms with Crippen molar-refractivity contribution in [2.24, 2.45) is 9.98 Å². The second-order valence-electron chi connectivity index (χ2n) is 1.49. The molecular formula is C6H12N2. The van der Waals surface area contributed by atoms with Gasteiger partial charge in [0.1, 0.15) is 0 Å². The van der Waals surface area contributed by atoms with Gasteiger partial charge in [-0.05, 0) is 13.8 Å². The van der Waals surface area contributed by atoms with Gasteiger partial charge >= 0.3 is 0 Å². The Morgan fingerprint density at radius 2 is 2.25 bits per heavy atom. The maximum absolute atomic E-state index is 3.99. The van der Waals surface area contributed by atoms with Gasteiger partial charge in [0, 0.05) is 25.5 Å². The fraction of sp³-hybridized carbons (Fsp3) is 0.667. The summed E-state index contributed by atoms with van der Waals surface area (Å²) in [6.45, 7) is 4.77. The minimum absolute atomic E-state index is 0.840. The number of nitrogens with zero attached hydrogens (tertiary/aromatic N) is 2. The topological polar surface area (TPSA) is 24.7 Å². The molecule has 0 aliphatic carbocycles. The summed E-state index contributed by atoms with van der Waals surface area (Å²) in [4.78, 5) is 7.88. The summed E-state index contributed by atoms with van der Waals surface area (Å²) in [6, 6.07) is 0. The molecule has 0 aliphatic rings. The summed E-state index contributed by atoms with van der Waals surface area (Å²) in [5.74, 6) is 0. The van der Waals surface area contributed by atoms with Gasteiger partial charge in [0.25, 0.3) is 0 Å². The molecule has 2 heteroatoms. The smallest absolute Gasteiger partial charge is 0.0491 e. The van der Waals surface area contributed by atoms with Gasteiger partial charge in [0.2, 0.25) is 0 Å². The summed E-state index contributed by atoms with van der Waals surface area (Å²) in [5.41, 5.74) is 0.979. The van der Waals surface area contributed by atoms with E-state index in [0.29, 0.717) is 0 Å². The lowest BCUT2D eigenvalue weighted by molar-refractivity contribution is 1.14. The third-order valence-corrected chi connectivity index (χ3v) is 0.813. The van der Waals surface area contributed by atoms with Crippen LogP contribution in [0.15, 0.2) is 9.98 Å². The third kappa shape index (κ3) is 3.53. The third-order valence-electron chi connectivity index (χ3n) is 0.813. The summed E-state index contributed by atoms with van der Waals surface area (Å²) in [7, 11) is 1.76. The molecule has 0 saturated carbocycles. The molecule has 2 nitrogen and oxygen atoms in total. The first-order valence-electron chi connectivity index (χ1n) is 2.74. The molecule has 46 valence electrons. The predicted octanol–water partition coefficient (Wildman–Crippen LogP) is 1.17. The van der Waals surface area contributed by atoms with Crippen LogP contribution in [-0.4, -0.2) is 25.5 Å². The zero-order valence-corrected chi connectivity index (χ0v) is 5.68. The lowest BCUT2D eigenvalue weighted by Crippen LogP contribution is -1.91. The van der Waals surface area contributed by atoms with Crippen LogP contribution in [0.25, 0.3) is 0 Å². The van der Waals surface area contributed by atoms with Crippen LogP contribution in [0.2, 0.25) is 0 Å². The molecule has 0 unspecified atom stereocenters. The highest BCUT2D eigenvalue weighted by Gasteiger charge is 1.75. The molecule has 0 bridgehead atoms. The van der Waals surface area contributed by atoms with Crippen LogP contribution >= 0.6 is 0 Å². The summed E-state index contributed by atoms with van der Waals surface area (Å²) < 4.78 is 0. The molecule has 0 saturated heterocycles. The molecule has 0 spiro atoms. The fourth-order valence-electron chi connectivity index (χ4n) is 0.281. The van der Waals surface area contributed by atoms with Crippen molar-refractivity contribution in [3.63, 3.8) is 0 Å². The Morgan fingerprint density at radius 3 is 2.62 bits per heavy atom. The highest BCUT2D eigenvalue weighted by atomic mass is 14.7. The van der Waals surface area contributed by atoms with E-state index in [9.17, 15) is 0 Å². The molecule has 0 heterocycles. The van der Waals surface area contributed by atoms with E-state index in [1.807, 2.05) is 13.8 Å². The van der Waals surface area contributed by atoms with Crippen LogP contribution in [-0.2, 0) is 0 Å². The molecule has 0 rings (SSSR count). The van der Waals surface area contributed by atoms with Crippen molar-refractivity contribution < 1.29 is 0 Å². The molecule has 0 fully saturated rings. The second-order valence-corrected chi connectivity index (χ2v) is 1.49. The molecule has 0 amide bonds. The average molecular weight is 112 g/mol. The Kier molecular flexibility index (Phi) is 4.13. The van der Waals surface area contributed by atoms with Crippen molar-refractivity contribution in [1.29, 1.82) is 0 Å². The molecule has 0 N–H and O–H groups in total. The van der Waals surface area contributed by atoms with E-state index >= 15 is 0 Å². The van der Waals surface area contributed by atoms with Crippen LogP contribution in [0.1, 0.15) is 13.8 Å². The van der Waals surface area contributed by atoms with Crippen LogP contribution in [0.3, 0.4) is 0 Å². The van der Waals surface area contributed by atoms with Gasteiger partial charge in [-0.1, -0.05) is 0 Å². The van der Waals surface area contributed by atoms with E-state index in [1.165, 1.54) is 0 Å². The van der Waals surface area contributed by atoms with Gasteiger partial charge in [0.05, 0.1) is 0 Å². The van der Waals surface area contributed by atoms with Gasteiger partial charge in [-0.2, -0.15) is 0 Å². The second kappa shape index (κ2) is 4.50. The Balaban J connectivity index is 3.53. The number of hydrogen-bond donors (Lipinski definition) is 0.